The topological polar surface area (TPSA) is 0 Å². The minimum Gasteiger partial charge on any atom is -0.149 e. The minimum absolute atomic E-state index is 0.514. The van der Waals surface area contributed by atoms with Crippen LogP contribution in [0.15, 0.2) is 41.8 Å². The van der Waals surface area contributed by atoms with Crippen molar-refractivity contribution >= 4 is 11.3 Å². The van der Waals surface area contributed by atoms with E-state index in [1.807, 2.05) is 11.3 Å². The van der Waals surface area contributed by atoms with Gasteiger partial charge in [-0.25, -0.2) is 0 Å². The third-order valence-corrected chi connectivity index (χ3v) is 3.92. The summed E-state index contributed by atoms with van der Waals surface area (Å²) in [5, 5.41) is 2.15. The molecule has 3 rings (SSSR count). The molecular weight excluding hydrogens is 200 g/mol. The van der Waals surface area contributed by atoms with Gasteiger partial charge in [0.25, 0.3) is 0 Å². The van der Waals surface area contributed by atoms with Gasteiger partial charge in [-0.05, 0) is 35.4 Å². The number of fused-ring (bicyclic) bond motifs is 1. The van der Waals surface area contributed by atoms with E-state index < -0.39 is 0 Å². The quantitative estimate of drug-likeness (QED) is 0.672. The molecule has 0 saturated heterocycles. The molecule has 0 spiro atoms. The molecule has 15 heavy (non-hydrogen) atoms. The van der Waals surface area contributed by atoms with E-state index in [-0.39, 0.29) is 0 Å². The van der Waals surface area contributed by atoms with Crippen LogP contribution < -0.4 is 0 Å². The van der Waals surface area contributed by atoms with Gasteiger partial charge in [-0.3, -0.25) is 0 Å². The first kappa shape index (κ1) is 9.17. The minimum atomic E-state index is 0.514. The number of hydrogen-bond donors (Lipinski definition) is 0. The normalized spacial score (nSPS) is 19.9. The fraction of sp³-hybridized carbons (Fsp3) is 0.214. The lowest BCUT2D eigenvalue weighted by Gasteiger charge is -2.22. The largest absolute Gasteiger partial charge is 0.149 e. The average Bonchev–Trinajstić information content (AvgIpc) is 2.82. The average molecular weight is 212 g/mol. The van der Waals surface area contributed by atoms with E-state index in [2.05, 4.69) is 48.2 Å². The van der Waals surface area contributed by atoms with Crippen molar-refractivity contribution < 1.29 is 0 Å². The number of benzene rings is 1. The van der Waals surface area contributed by atoms with E-state index in [0.29, 0.717) is 5.92 Å². The Morgan fingerprint density at radius 3 is 2.93 bits per heavy atom. The lowest BCUT2D eigenvalue weighted by Crippen LogP contribution is -2.09. The smallest absolute Gasteiger partial charge is 0.0256 e. The van der Waals surface area contributed by atoms with Gasteiger partial charge in [0.05, 0.1) is 0 Å². The van der Waals surface area contributed by atoms with Crippen LogP contribution in [0.2, 0.25) is 0 Å². The van der Waals surface area contributed by atoms with Gasteiger partial charge in [0.2, 0.25) is 0 Å². The second-order valence-corrected chi connectivity index (χ2v) is 4.89. The Morgan fingerprint density at radius 1 is 1.13 bits per heavy atom. The zero-order chi connectivity index (χ0) is 10.1. The summed E-state index contributed by atoms with van der Waals surface area (Å²) >= 11 is 1.84. The summed E-state index contributed by atoms with van der Waals surface area (Å²) in [6.45, 7) is 0. The van der Waals surface area contributed by atoms with Crippen molar-refractivity contribution in [1.82, 2.24) is 0 Å². The van der Waals surface area contributed by atoms with Crippen LogP contribution in [0.1, 0.15) is 28.3 Å². The summed E-state index contributed by atoms with van der Waals surface area (Å²) in [5.41, 5.74) is 2.76. The third-order valence-electron chi connectivity index (χ3n) is 2.94. The monoisotopic (exact) mass is 212 g/mol. The van der Waals surface area contributed by atoms with Gasteiger partial charge in [-0.15, -0.1) is 11.3 Å². The highest BCUT2D eigenvalue weighted by Crippen LogP contribution is 2.35. The standard InChI is InChI=1S/C14H12S/c1-2-5-12-10-13(8-7-11(12)4-1)14-6-3-9-15-14/h1-6,9,13H,7-8H2. The first-order chi connectivity index (χ1) is 7.43. The van der Waals surface area contributed by atoms with Gasteiger partial charge in [0.15, 0.2) is 0 Å². The molecule has 1 heterocycles. The Morgan fingerprint density at radius 2 is 2.07 bits per heavy atom. The Bertz CT molecular complexity index is 442. The molecular formula is C14H12S. The summed E-state index contributed by atoms with van der Waals surface area (Å²) in [6, 6.07) is 13.0. The summed E-state index contributed by atoms with van der Waals surface area (Å²) in [5.74, 6) is 0.514. The Labute approximate surface area is 94.6 Å². The molecule has 2 radical (unpaired) electrons. The molecule has 2 aromatic rings. The zero-order valence-corrected chi connectivity index (χ0v) is 9.26. The molecule has 1 aliphatic carbocycles. The second-order valence-electron chi connectivity index (χ2n) is 3.91. The zero-order valence-electron chi connectivity index (χ0n) is 8.44. The summed E-state index contributed by atoms with van der Waals surface area (Å²) < 4.78 is 0. The van der Waals surface area contributed by atoms with Crippen molar-refractivity contribution in [3.63, 3.8) is 0 Å². The molecule has 0 fully saturated rings. The fourth-order valence-corrected chi connectivity index (χ4v) is 2.95. The van der Waals surface area contributed by atoms with Crippen LogP contribution in [-0.2, 0) is 6.42 Å². The molecule has 1 aliphatic rings. The third kappa shape index (κ3) is 1.72. The van der Waals surface area contributed by atoms with Crippen LogP contribution >= 0.6 is 11.3 Å². The molecule has 0 amide bonds. The maximum atomic E-state index is 3.61. The van der Waals surface area contributed by atoms with E-state index in [1.54, 1.807) is 0 Å². The van der Waals surface area contributed by atoms with E-state index >= 15 is 0 Å². The van der Waals surface area contributed by atoms with Gasteiger partial charge < -0.3 is 0 Å². The maximum absolute atomic E-state index is 3.61. The number of aryl methyl sites for hydroxylation is 1. The van der Waals surface area contributed by atoms with Gasteiger partial charge in [-0.2, -0.15) is 0 Å². The SMILES string of the molecule is [C]1c2ccccc2CCC1c1cccs1. The Kier molecular flexibility index (Phi) is 2.34. The number of thiophene rings is 1. The first-order valence-electron chi connectivity index (χ1n) is 5.31. The molecule has 1 heteroatoms. The van der Waals surface area contributed by atoms with E-state index in [4.69, 9.17) is 0 Å². The van der Waals surface area contributed by atoms with Gasteiger partial charge in [0.1, 0.15) is 0 Å². The van der Waals surface area contributed by atoms with Crippen molar-refractivity contribution in [3.8, 4) is 0 Å². The van der Waals surface area contributed by atoms with Gasteiger partial charge in [-0.1, -0.05) is 30.3 Å². The molecule has 74 valence electrons. The van der Waals surface area contributed by atoms with Gasteiger partial charge in [0, 0.05) is 17.2 Å². The van der Waals surface area contributed by atoms with E-state index in [0.717, 1.165) is 0 Å². The van der Waals surface area contributed by atoms with Crippen LogP contribution in [-0.4, -0.2) is 0 Å². The van der Waals surface area contributed by atoms with Gasteiger partial charge >= 0.3 is 0 Å². The molecule has 1 aromatic carbocycles. The lowest BCUT2D eigenvalue weighted by atomic mass is 9.83. The molecule has 1 unspecified atom stereocenters. The van der Waals surface area contributed by atoms with Crippen LogP contribution in [0.4, 0.5) is 0 Å². The van der Waals surface area contributed by atoms with Crippen molar-refractivity contribution in [2.24, 2.45) is 0 Å². The highest BCUT2D eigenvalue weighted by molar-refractivity contribution is 7.10. The molecule has 0 bridgehead atoms. The molecule has 0 nitrogen and oxygen atoms in total. The summed E-state index contributed by atoms with van der Waals surface area (Å²) in [6.07, 6.45) is 6.00. The highest BCUT2D eigenvalue weighted by atomic mass is 32.1. The van der Waals surface area contributed by atoms with Crippen LogP contribution in [0.5, 0.6) is 0 Å². The molecule has 0 saturated carbocycles. The van der Waals surface area contributed by atoms with Crippen molar-refractivity contribution in [2.45, 2.75) is 18.8 Å². The Hall–Kier alpha value is -1.08. The number of hydrogen-bond acceptors (Lipinski definition) is 1. The van der Waals surface area contributed by atoms with Crippen molar-refractivity contribution in [2.75, 3.05) is 0 Å². The molecule has 1 atom stereocenters. The maximum Gasteiger partial charge on any atom is 0.0256 e. The van der Waals surface area contributed by atoms with E-state index in [1.165, 1.54) is 28.8 Å². The van der Waals surface area contributed by atoms with Crippen molar-refractivity contribution in [1.29, 1.82) is 0 Å². The molecule has 0 N–H and O–H groups in total. The summed E-state index contributed by atoms with van der Waals surface area (Å²) in [7, 11) is 0. The Balaban J connectivity index is 1.89. The van der Waals surface area contributed by atoms with Crippen LogP contribution in [0.25, 0.3) is 0 Å². The molecule has 0 aliphatic heterocycles. The highest BCUT2D eigenvalue weighted by Gasteiger charge is 2.20. The van der Waals surface area contributed by atoms with Crippen LogP contribution in [0, 0.1) is 6.42 Å². The predicted molar refractivity (Wildman–Crippen MR) is 64.2 cm³/mol. The predicted octanol–water partition coefficient (Wildman–Crippen LogP) is 3.91. The first-order valence-corrected chi connectivity index (χ1v) is 6.19. The van der Waals surface area contributed by atoms with Crippen molar-refractivity contribution in [3.05, 3.63) is 64.2 Å². The van der Waals surface area contributed by atoms with E-state index in [9.17, 15) is 0 Å². The van der Waals surface area contributed by atoms with Crippen LogP contribution in [0.3, 0.4) is 0 Å². The summed E-state index contributed by atoms with van der Waals surface area (Å²) in [4.78, 5) is 1.45. The number of rotatable bonds is 1. The second kappa shape index (κ2) is 3.82. The fourth-order valence-electron chi connectivity index (χ4n) is 2.14. The molecule has 1 aromatic heterocycles. The lowest BCUT2D eigenvalue weighted by molar-refractivity contribution is 0.683.